The van der Waals surface area contributed by atoms with Crippen molar-refractivity contribution in [2.45, 2.75) is 51.4 Å². The molecular formula is C18H27NO2. The Morgan fingerprint density at radius 2 is 2.00 bits per heavy atom. The highest BCUT2D eigenvalue weighted by molar-refractivity contribution is 5.87. The van der Waals surface area contributed by atoms with Gasteiger partial charge in [-0.2, -0.15) is 0 Å². The number of benzene rings is 1. The van der Waals surface area contributed by atoms with E-state index in [4.69, 9.17) is 10.5 Å². The van der Waals surface area contributed by atoms with E-state index in [1.165, 1.54) is 6.42 Å². The van der Waals surface area contributed by atoms with E-state index in [1.54, 1.807) is 7.11 Å². The van der Waals surface area contributed by atoms with Gasteiger partial charge in [0.05, 0.1) is 12.5 Å². The summed E-state index contributed by atoms with van der Waals surface area (Å²) >= 11 is 0. The highest BCUT2D eigenvalue weighted by Crippen LogP contribution is 2.48. The molecule has 1 saturated carbocycles. The van der Waals surface area contributed by atoms with E-state index in [0.717, 1.165) is 37.0 Å². The van der Waals surface area contributed by atoms with E-state index in [1.807, 2.05) is 24.3 Å². The molecule has 1 fully saturated rings. The minimum Gasteiger partial charge on any atom is -0.497 e. The van der Waals surface area contributed by atoms with Gasteiger partial charge in [-0.15, -0.1) is 0 Å². The summed E-state index contributed by atoms with van der Waals surface area (Å²) in [4.78, 5) is 12.5. The van der Waals surface area contributed by atoms with Gasteiger partial charge in [0.2, 0.25) is 5.91 Å². The van der Waals surface area contributed by atoms with Crippen molar-refractivity contribution in [3.8, 4) is 5.75 Å². The summed E-state index contributed by atoms with van der Waals surface area (Å²) < 4.78 is 5.23. The predicted octanol–water partition coefficient (Wildman–Crippen LogP) is 3.65. The van der Waals surface area contributed by atoms with Crippen LogP contribution in [0.5, 0.6) is 5.75 Å². The number of rotatable bonds is 5. The van der Waals surface area contributed by atoms with Gasteiger partial charge < -0.3 is 10.5 Å². The fraction of sp³-hybridized carbons (Fsp3) is 0.611. The molecule has 3 heteroatoms. The van der Waals surface area contributed by atoms with Gasteiger partial charge in [0.1, 0.15) is 5.75 Å². The van der Waals surface area contributed by atoms with Gasteiger partial charge in [0.15, 0.2) is 0 Å². The van der Waals surface area contributed by atoms with E-state index in [0.29, 0.717) is 11.8 Å². The number of amides is 1. The van der Waals surface area contributed by atoms with Crippen molar-refractivity contribution in [3.63, 3.8) is 0 Å². The molecule has 1 amide bonds. The van der Waals surface area contributed by atoms with E-state index < -0.39 is 5.41 Å². The monoisotopic (exact) mass is 289 g/mol. The number of methoxy groups -OCH3 is 1. The molecule has 0 radical (unpaired) electrons. The summed E-state index contributed by atoms with van der Waals surface area (Å²) in [5, 5.41) is 0. The van der Waals surface area contributed by atoms with E-state index >= 15 is 0 Å². The Bertz CT molecular complexity index is 482. The molecule has 2 N–H and O–H groups in total. The molecule has 1 aromatic rings. The normalized spacial score (nSPS) is 29.1. The second-order valence-electron chi connectivity index (χ2n) is 6.44. The first-order valence-electron chi connectivity index (χ1n) is 7.99. The van der Waals surface area contributed by atoms with Gasteiger partial charge >= 0.3 is 0 Å². The Morgan fingerprint density at radius 3 is 2.52 bits per heavy atom. The van der Waals surface area contributed by atoms with Crippen LogP contribution in [-0.4, -0.2) is 13.0 Å². The largest absolute Gasteiger partial charge is 0.497 e. The summed E-state index contributed by atoms with van der Waals surface area (Å²) in [6.07, 6.45) is 5.28. The first-order chi connectivity index (χ1) is 10.0. The van der Waals surface area contributed by atoms with Crippen LogP contribution in [0.25, 0.3) is 0 Å². The molecule has 1 aromatic carbocycles. The predicted molar refractivity (Wildman–Crippen MR) is 85.3 cm³/mol. The zero-order valence-corrected chi connectivity index (χ0v) is 13.4. The Kier molecular flexibility index (Phi) is 4.92. The van der Waals surface area contributed by atoms with Gasteiger partial charge in [-0.3, -0.25) is 4.79 Å². The topological polar surface area (TPSA) is 52.3 Å². The molecule has 0 bridgehead atoms. The molecule has 3 unspecified atom stereocenters. The SMILES string of the molecule is CCCC1CCC(C)CC1(C(N)=O)c1ccc(OC)cc1. The van der Waals surface area contributed by atoms with Crippen molar-refractivity contribution in [3.05, 3.63) is 29.8 Å². The quantitative estimate of drug-likeness (QED) is 0.899. The van der Waals surface area contributed by atoms with Crippen LogP contribution < -0.4 is 10.5 Å². The smallest absolute Gasteiger partial charge is 0.228 e. The van der Waals surface area contributed by atoms with E-state index in [9.17, 15) is 4.79 Å². The number of primary amides is 1. The van der Waals surface area contributed by atoms with Crippen molar-refractivity contribution >= 4 is 5.91 Å². The first kappa shape index (κ1) is 15.9. The highest BCUT2D eigenvalue weighted by atomic mass is 16.5. The Balaban J connectivity index is 2.46. The third kappa shape index (κ3) is 2.92. The average Bonchev–Trinajstić information content (AvgIpc) is 2.49. The average molecular weight is 289 g/mol. The number of nitrogens with two attached hydrogens (primary N) is 1. The minimum absolute atomic E-state index is 0.169. The fourth-order valence-electron chi connectivity index (χ4n) is 3.98. The lowest BCUT2D eigenvalue weighted by molar-refractivity contribution is -0.128. The van der Waals surface area contributed by atoms with Gasteiger partial charge in [-0.25, -0.2) is 0 Å². The fourth-order valence-corrected chi connectivity index (χ4v) is 3.98. The van der Waals surface area contributed by atoms with Crippen LogP contribution in [0.2, 0.25) is 0 Å². The van der Waals surface area contributed by atoms with Crippen molar-refractivity contribution in [1.29, 1.82) is 0 Å². The van der Waals surface area contributed by atoms with Crippen LogP contribution in [0.4, 0.5) is 0 Å². The molecule has 1 aliphatic rings. The van der Waals surface area contributed by atoms with E-state index in [-0.39, 0.29) is 5.91 Å². The lowest BCUT2D eigenvalue weighted by Gasteiger charge is -2.45. The van der Waals surface area contributed by atoms with Gasteiger partial charge in [-0.05, 0) is 48.8 Å². The van der Waals surface area contributed by atoms with E-state index in [2.05, 4.69) is 13.8 Å². The molecule has 2 rings (SSSR count). The third-order valence-electron chi connectivity index (χ3n) is 5.06. The Labute approximate surface area is 127 Å². The molecule has 0 aromatic heterocycles. The summed E-state index contributed by atoms with van der Waals surface area (Å²) in [6, 6.07) is 7.90. The van der Waals surface area contributed by atoms with Crippen molar-refractivity contribution in [1.82, 2.24) is 0 Å². The molecule has 0 saturated heterocycles. The second-order valence-corrected chi connectivity index (χ2v) is 6.44. The zero-order valence-electron chi connectivity index (χ0n) is 13.4. The number of ether oxygens (including phenoxy) is 1. The van der Waals surface area contributed by atoms with Crippen LogP contribution in [0.1, 0.15) is 51.5 Å². The molecule has 1 aliphatic carbocycles. The second kappa shape index (κ2) is 6.50. The number of carbonyl (C=O) groups excluding carboxylic acids is 1. The summed E-state index contributed by atoms with van der Waals surface area (Å²) in [7, 11) is 1.65. The lowest BCUT2D eigenvalue weighted by atomic mass is 9.58. The van der Waals surface area contributed by atoms with Crippen LogP contribution in [0.3, 0.4) is 0 Å². The molecule has 116 valence electrons. The molecule has 0 heterocycles. The third-order valence-corrected chi connectivity index (χ3v) is 5.06. The maximum atomic E-state index is 12.5. The number of carbonyl (C=O) groups is 1. The Morgan fingerprint density at radius 1 is 1.33 bits per heavy atom. The molecule has 0 aliphatic heterocycles. The van der Waals surface area contributed by atoms with Crippen LogP contribution in [-0.2, 0) is 10.2 Å². The van der Waals surface area contributed by atoms with Gasteiger partial charge in [-0.1, -0.05) is 38.8 Å². The van der Waals surface area contributed by atoms with Gasteiger partial charge in [0.25, 0.3) is 0 Å². The van der Waals surface area contributed by atoms with Crippen LogP contribution in [0, 0.1) is 11.8 Å². The summed E-state index contributed by atoms with van der Waals surface area (Å²) in [5.41, 5.74) is 6.46. The lowest BCUT2D eigenvalue weighted by Crippen LogP contribution is -2.50. The number of hydrogen-bond acceptors (Lipinski definition) is 2. The first-order valence-corrected chi connectivity index (χ1v) is 7.99. The summed E-state index contributed by atoms with van der Waals surface area (Å²) in [5.74, 6) is 1.53. The maximum Gasteiger partial charge on any atom is 0.228 e. The standard InChI is InChI=1S/C18H27NO2/c1-4-5-14-7-6-13(2)12-18(14,17(19)20)15-8-10-16(21-3)11-9-15/h8-11,13-14H,4-7,12H2,1-3H3,(H2,19,20). The molecule has 3 nitrogen and oxygen atoms in total. The molecule has 21 heavy (non-hydrogen) atoms. The van der Waals surface area contributed by atoms with Crippen molar-refractivity contribution < 1.29 is 9.53 Å². The molecular weight excluding hydrogens is 262 g/mol. The van der Waals surface area contributed by atoms with Gasteiger partial charge in [0, 0.05) is 0 Å². The van der Waals surface area contributed by atoms with Crippen LogP contribution >= 0.6 is 0 Å². The summed E-state index contributed by atoms with van der Waals surface area (Å²) in [6.45, 7) is 4.40. The highest BCUT2D eigenvalue weighted by Gasteiger charge is 2.48. The van der Waals surface area contributed by atoms with Crippen LogP contribution in [0.15, 0.2) is 24.3 Å². The molecule has 3 atom stereocenters. The Hall–Kier alpha value is -1.51. The number of hydrogen-bond donors (Lipinski definition) is 1. The zero-order chi connectivity index (χ0) is 15.5. The maximum absolute atomic E-state index is 12.5. The van der Waals surface area contributed by atoms with Crippen molar-refractivity contribution in [2.75, 3.05) is 7.11 Å². The molecule has 0 spiro atoms. The minimum atomic E-state index is -0.514. The van der Waals surface area contributed by atoms with Crippen molar-refractivity contribution in [2.24, 2.45) is 17.6 Å².